The molecule has 2 aromatic carbocycles. The van der Waals surface area contributed by atoms with Crippen LogP contribution in [-0.2, 0) is 6.54 Å². The van der Waals surface area contributed by atoms with Gasteiger partial charge in [-0.15, -0.1) is 0 Å². The van der Waals surface area contributed by atoms with Gasteiger partial charge in [-0.3, -0.25) is 14.8 Å². The molecule has 1 aliphatic rings. The Balaban J connectivity index is 1.32. The number of piperazine rings is 1. The highest BCUT2D eigenvalue weighted by molar-refractivity contribution is 6.30. The third kappa shape index (κ3) is 3.81. The van der Waals surface area contributed by atoms with E-state index in [4.69, 9.17) is 11.6 Å². The predicted molar refractivity (Wildman–Crippen MR) is 118 cm³/mol. The molecule has 4 aromatic rings. The summed E-state index contributed by atoms with van der Waals surface area (Å²) in [7, 11) is 0. The number of anilines is 1. The van der Waals surface area contributed by atoms with E-state index < -0.39 is 0 Å². The van der Waals surface area contributed by atoms with Crippen LogP contribution in [0.25, 0.3) is 17.2 Å². The minimum absolute atomic E-state index is 0.161. The average molecular weight is 421 g/mol. The van der Waals surface area contributed by atoms with E-state index >= 15 is 0 Å². The highest BCUT2D eigenvalue weighted by Gasteiger charge is 2.18. The van der Waals surface area contributed by atoms with Gasteiger partial charge in [-0.1, -0.05) is 29.8 Å². The summed E-state index contributed by atoms with van der Waals surface area (Å²) >= 11 is 5.95. The van der Waals surface area contributed by atoms with Crippen LogP contribution in [0.2, 0.25) is 5.02 Å². The Kier molecular flexibility index (Phi) is 4.98. The van der Waals surface area contributed by atoms with Crippen molar-refractivity contribution >= 4 is 23.1 Å². The first-order chi connectivity index (χ1) is 14.7. The van der Waals surface area contributed by atoms with Gasteiger partial charge in [0, 0.05) is 55.1 Å². The number of H-pyrrole nitrogens is 1. The molecule has 1 N–H and O–H groups in total. The number of hydrogen-bond donors (Lipinski definition) is 1. The van der Waals surface area contributed by atoms with E-state index in [1.54, 1.807) is 18.2 Å². The Morgan fingerprint density at radius 1 is 0.933 bits per heavy atom. The maximum absolute atomic E-state index is 12.6. The summed E-state index contributed by atoms with van der Waals surface area (Å²) in [5.41, 5.74) is 2.68. The van der Waals surface area contributed by atoms with Gasteiger partial charge in [-0.25, -0.2) is 4.98 Å². The van der Waals surface area contributed by atoms with Gasteiger partial charge in [-0.2, -0.15) is 9.50 Å². The first-order valence-electron chi connectivity index (χ1n) is 9.93. The number of nitrogens with one attached hydrogen (secondary N) is 1. The number of para-hydroxylation sites is 1. The average Bonchev–Trinajstić information content (AvgIpc) is 3.20. The number of benzene rings is 2. The smallest absolute Gasteiger partial charge is 0.274 e. The van der Waals surface area contributed by atoms with Gasteiger partial charge in [0.2, 0.25) is 0 Å². The molecular formula is C22H21ClN6O. The molecule has 0 bridgehead atoms. The van der Waals surface area contributed by atoms with Crippen LogP contribution in [-0.4, -0.2) is 50.7 Å². The lowest BCUT2D eigenvalue weighted by Gasteiger charge is -2.35. The summed E-state index contributed by atoms with van der Waals surface area (Å²) in [6.07, 6.45) is 0. The lowest BCUT2D eigenvalue weighted by Crippen LogP contribution is -2.46. The molecular weight excluding hydrogens is 400 g/mol. The zero-order valence-electron chi connectivity index (χ0n) is 16.3. The third-order valence-corrected chi connectivity index (χ3v) is 5.63. The lowest BCUT2D eigenvalue weighted by atomic mass is 10.2. The fourth-order valence-electron chi connectivity index (χ4n) is 3.78. The van der Waals surface area contributed by atoms with Gasteiger partial charge in [0.25, 0.3) is 11.3 Å². The molecule has 5 rings (SSSR count). The highest BCUT2D eigenvalue weighted by Crippen LogP contribution is 2.19. The van der Waals surface area contributed by atoms with Crippen LogP contribution in [0.15, 0.2) is 65.5 Å². The molecule has 7 nitrogen and oxygen atoms in total. The van der Waals surface area contributed by atoms with E-state index in [1.165, 1.54) is 10.2 Å². The van der Waals surface area contributed by atoms with Crippen LogP contribution in [0.3, 0.4) is 0 Å². The van der Waals surface area contributed by atoms with E-state index in [0.717, 1.165) is 37.4 Å². The molecule has 0 amide bonds. The van der Waals surface area contributed by atoms with Gasteiger partial charge < -0.3 is 4.90 Å². The predicted octanol–water partition coefficient (Wildman–Crippen LogP) is 3.06. The SMILES string of the molecule is O=c1cc(CN2CCN(c3ccccc3)CC2)nc2nc(-c3ccc(Cl)cc3)[nH]n12. The zero-order valence-corrected chi connectivity index (χ0v) is 17.1. The van der Waals surface area contributed by atoms with Crippen LogP contribution in [0.4, 0.5) is 5.69 Å². The van der Waals surface area contributed by atoms with Crippen molar-refractivity contribution in [2.45, 2.75) is 6.54 Å². The molecule has 8 heteroatoms. The molecule has 0 aliphatic carbocycles. The second-order valence-corrected chi connectivity index (χ2v) is 7.84. The molecule has 1 saturated heterocycles. The van der Waals surface area contributed by atoms with Crippen molar-refractivity contribution in [3.8, 4) is 11.4 Å². The topological polar surface area (TPSA) is 69.5 Å². The number of halogens is 1. The van der Waals surface area contributed by atoms with Crippen molar-refractivity contribution in [1.82, 2.24) is 24.5 Å². The van der Waals surface area contributed by atoms with Crippen LogP contribution in [0.5, 0.6) is 0 Å². The van der Waals surface area contributed by atoms with Crippen LogP contribution in [0, 0.1) is 0 Å². The van der Waals surface area contributed by atoms with Crippen molar-refractivity contribution < 1.29 is 0 Å². The number of rotatable bonds is 4. The number of hydrogen-bond acceptors (Lipinski definition) is 5. The molecule has 1 fully saturated rings. The van der Waals surface area contributed by atoms with E-state index in [1.807, 2.05) is 18.2 Å². The third-order valence-electron chi connectivity index (χ3n) is 5.38. The standard InChI is InChI=1S/C22H21ClN6O/c23-17-8-6-16(7-9-17)21-25-22-24-18(14-20(30)29(22)26-21)15-27-10-12-28(13-11-27)19-4-2-1-3-5-19/h1-9,14H,10-13,15H2,(H,24,25,26). The number of aromatic amines is 1. The first kappa shape index (κ1) is 18.8. The van der Waals surface area contributed by atoms with E-state index in [2.05, 4.69) is 49.1 Å². The highest BCUT2D eigenvalue weighted by atomic mass is 35.5. The van der Waals surface area contributed by atoms with Gasteiger partial charge in [-0.05, 0) is 36.4 Å². The maximum Gasteiger partial charge on any atom is 0.274 e. The largest absolute Gasteiger partial charge is 0.369 e. The van der Waals surface area contributed by atoms with Crippen molar-refractivity contribution in [2.24, 2.45) is 0 Å². The zero-order chi connectivity index (χ0) is 20.5. The van der Waals surface area contributed by atoms with E-state index in [0.29, 0.717) is 23.2 Å². The van der Waals surface area contributed by atoms with Crippen molar-refractivity contribution in [1.29, 1.82) is 0 Å². The Morgan fingerprint density at radius 3 is 2.40 bits per heavy atom. The molecule has 30 heavy (non-hydrogen) atoms. The lowest BCUT2D eigenvalue weighted by molar-refractivity contribution is 0.247. The number of nitrogens with zero attached hydrogens (tertiary/aromatic N) is 5. The summed E-state index contributed by atoms with van der Waals surface area (Å²) in [6.45, 7) is 4.39. The van der Waals surface area contributed by atoms with E-state index in [-0.39, 0.29) is 5.56 Å². The minimum Gasteiger partial charge on any atom is -0.369 e. The summed E-state index contributed by atoms with van der Waals surface area (Å²) in [5, 5.41) is 3.67. The molecule has 0 atom stereocenters. The normalized spacial score (nSPS) is 15.0. The molecule has 3 heterocycles. The summed E-state index contributed by atoms with van der Waals surface area (Å²) in [6, 6.07) is 19.3. The molecule has 152 valence electrons. The molecule has 0 spiro atoms. The molecule has 1 aliphatic heterocycles. The van der Waals surface area contributed by atoms with Gasteiger partial charge in [0.05, 0.1) is 5.69 Å². The van der Waals surface area contributed by atoms with Crippen molar-refractivity contribution in [2.75, 3.05) is 31.1 Å². The fraction of sp³-hybridized carbons (Fsp3) is 0.227. The Labute approximate surface area is 178 Å². The summed E-state index contributed by atoms with van der Waals surface area (Å²) in [4.78, 5) is 26.4. The fourth-order valence-corrected chi connectivity index (χ4v) is 3.90. The first-order valence-corrected chi connectivity index (χ1v) is 10.3. The Hall–Kier alpha value is -3.16. The second-order valence-electron chi connectivity index (χ2n) is 7.40. The number of fused-ring (bicyclic) bond motifs is 1. The second kappa shape index (κ2) is 7.93. The number of aromatic nitrogens is 4. The summed E-state index contributed by atoms with van der Waals surface area (Å²) < 4.78 is 1.38. The minimum atomic E-state index is -0.161. The van der Waals surface area contributed by atoms with Gasteiger partial charge in [0.15, 0.2) is 5.82 Å². The summed E-state index contributed by atoms with van der Waals surface area (Å²) in [5.74, 6) is 0.968. The van der Waals surface area contributed by atoms with Gasteiger partial charge in [0.1, 0.15) is 0 Å². The van der Waals surface area contributed by atoms with Crippen LogP contribution < -0.4 is 10.5 Å². The Bertz CT molecular complexity index is 1210. The van der Waals surface area contributed by atoms with Crippen molar-refractivity contribution in [3.05, 3.63) is 81.7 Å². The molecule has 0 radical (unpaired) electrons. The quantitative estimate of drug-likeness (QED) is 0.549. The monoisotopic (exact) mass is 420 g/mol. The molecule has 0 saturated carbocycles. The molecule has 0 unspecified atom stereocenters. The Morgan fingerprint density at radius 2 is 1.67 bits per heavy atom. The maximum atomic E-state index is 12.6. The molecule has 2 aromatic heterocycles. The van der Waals surface area contributed by atoms with Gasteiger partial charge >= 0.3 is 0 Å². The van der Waals surface area contributed by atoms with Crippen LogP contribution >= 0.6 is 11.6 Å². The van der Waals surface area contributed by atoms with E-state index in [9.17, 15) is 4.79 Å². The van der Waals surface area contributed by atoms with Crippen LogP contribution in [0.1, 0.15) is 5.69 Å². The van der Waals surface area contributed by atoms with Crippen molar-refractivity contribution in [3.63, 3.8) is 0 Å².